The van der Waals surface area contributed by atoms with Crippen LogP contribution in [0.1, 0.15) is 155 Å². The summed E-state index contributed by atoms with van der Waals surface area (Å²) >= 11 is 0. The van der Waals surface area contributed by atoms with Gasteiger partial charge in [0.1, 0.15) is 23.0 Å². The van der Waals surface area contributed by atoms with Crippen LogP contribution >= 0.6 is 0 Å². The lowest BCUT2D eigenvalue weighted by Gasteiger charge is -2.49. The zero-order valence-electron chi connectivity index (χ0n) is 41.9. The highest BCUT2D eigenvalue weighted by molar-refractivity contribution is 5.74. The van der Waals surface area contributed by atoms with Crippen LogP contribution in [-0.2, 0) is 21.7 Å². The Morgan fingerprint density at radius 1 is 0.394 bits per heavy atom. The molecule has 0 radical (unpaired) electrons. The first-order chi connectivity index (χ1) is 30.8. The molecule has 2 saturated carbocycles. The molecule has 0 heterocycles. The highest BCUT2D eigenvalue weighted by atomic mass is 16.3. The van der Waals surface area contributed by atoms with Gasteiger partial charge in [0.15, 0.2) is 0 Å². The van der Waals surface area contributed by atoms with Crippen LogP contribution in [-0.4, -0.2) is 20.4 Å². The molecule has 0 amide bonds. The Bertz CT molecular complexity index is 2490. The Hall–Kier alpha value is -5.48. The first-order valence-electron chi connectivity index (χ1n) is 24.3. The van der Waals surface area contributed by atoms with E-state index in [2.05, 4.69) is 132 Å². The molecule has 8 rings (SSSR count). The molecule has 2 unspecified atom stereocenters. The summed E-state index contributed by atoms with van der Waals surface area (Å²) in [5, 5.41) is 42.8. The molecule has 0 aliphatic heterocycles. The molecule has 2 atom stereocenters. The van der Waals surface area contributed by atoms with E-state index in [4.69, 9.17) is 0 Å². The number of aromatic hydroxyl groups is 4. The first kappa shape index (κ1) is 48.5. The molecule has 0 spiro atoms. The molecule has 4 N–H and O–H groups in total. The molecule has 66 heavy (non-hydrogen) atoms. The van der Waals surface area contributed by atoms with Crippen molar-refractivity contribution in [3.05, 3.63) is 167 Å². The number of hydrogen-bond acceptors (Lipinski definition) is 4. The fourth-order valence-electron chi connectivity index (χ4n) is 12.6. The van der Waals surface area contributed by atoms with E-state index in [1.165, 1.54) is 35.1 Å². The summed E-state index contributed by atoms with van der Waals surface area (Å²) in [6.45, 7) is 27.2. The second kappa shape index (κ2) is 18.0. The van der Waals surface area contributed by atoms with Gasteiger partial charge in [-0.1, -0.05) is 180 Å². The van der Waals surface area contributed by atoms with Crippen LogP contribution in [0.4, 0.5) is 0 Å². The second-order valence-electron chi connectivity index (χ2n) is 24.0. The lowest BCUT2D eigenvalue weighted by Crippen LogP contribution is -2.41. The fourth-order valence-corrected chi connectivity index (χ4v) is 12.6. The zero-order valence-corrected chi connectivity index (χ0v) is 41.9. The summed E-state index contributed by atoms with van der Waals surface area (Å²) in [6.07, 6.45) is 6.54. The third-order valence-corrected chi connectivity index (χ3v) is 14.7. The Morgan fingerprint density at radius 3 is 1.00 bits per heavy atom. The quantitative estimate of drug-likeness (QED) is 0.134. The van der Waals surface area contributed by atoms with E-state index in [1.807, 2.05) is 84.9 Å². The van der Waals surface area contributed by atoms with Crippen LogP contribution in [0.25, 0.3) is 22.3 Å². The van der Waals surface area contributed by atoms with Crippen molar-refractivity contribution in [3.8, 4) is 45.3 Å². The average Bonchev–Trinajstić information content (AvgIpc) is 3.22. The summed E-state index contributed by atoms with van der Waals surface area (Å²) in [5.41, 5.74) is 10.5. The minimum atomic E-state index is -0.227. The van der Waals surface area contributed by atoms with E-state index in [0.717, 1.165) is 59.1 Å². The summed E-state index contributed by atoms with van der Waals surface area (Å²) < 4.78 is 0. The van der Waals surface area contributed by atoms with Crippen LogP contribution < -0.4 is 0 Å². The van der Waals surface area contributed by atoms with Gasteiger partial charge in [-0.25, -0.2) is 0 Å². The molecule has 4 heteroatoms. The molecule has 0 saturated heterocycles. The Balaban J connectivity index is 0.000000198. The van der Waals surface area contributed by atoms with Crippen LogP contribution in [0, 0.1) is 22.7 Å². The smallest absolute Gasteiger partial charge is 0.123 e. The molecule has 0 aromatic heterocycles. The number of hydrogen-bond donors (Lipinski definition) is 4. The molecule has 0 bridgehead atoms. The third-order valence-electron chi connectivity index (χ3n) is 14.7. The largest absolute Gasteiger partial charge is 0.508 e. The summed E-state index contributed by atoms with van der Waals surface area (Å²) in [4.78, 5) is 0. The van der Waals surface area contributed by atoms with Crippen LogP contribution in [0.2, 0.25) is 0 Å². The van der Waals surface area contributed by atoms with E-state index >= 15 is 0 Å². The predicted molar refractivity (Wildman–Crippen MR) is 276 cm³/mol. The number of phenols is 4. The van der Waals surface area contributed by atoms with E-state index in [1.54, 1.807) is 0 Å². The topological polar surface area (TPSA) is 80.9 Å². The molecule has 348 valence electrons. The van der Waals surface area contributed by atoms with Crippen molar-refractivity contribution in [2.75, 3.05) is 0 Å². The number of phenolic OH excluding ortho intramolecular Hbond substituents is 4. The maximum Gasteiger partial charge on any atom is 0.123 e. The SMILES string of the molecule is CC1CC(C)(C)CC(c2ccc(O)c(-c3ccccc3)c2)(c2ccc(O)c(-c3ccccc3)c2)C1.CC1CC(C)(C)CC(c2ccc(O)c(C(C)(C)C)c2)(c2ccc(O)c(C(C)(C)C)c2)C1. The molecule has 4 nitrogen and oxygen atoms in total. The molecule has 2 fully saturated rings. The van der Waals surface area contributed by atoms with Crippen molar-refractivity contribution in [1.29, 1.82) is 0 Å². The predicted octanol–water partition coefficient (Wildman–Crippen LogP) is 16.4. The van der Waals surface area contributed by atoms with Crippen molar-refractivity contribution < 1.29 is 20.4 Å². The highest BCUT2D eigenvalue weighted by Crippen LogP contribution is 2.57. The van der Waals surface area contributed by atoms with E-state index in [9.17, 15) is 20.4 Å². The molecule has 6 aromatic carbocycles. The minimum Gasteiger partial charge on any atom is -0.508 e. The normalized spacial score (nSPS) is 19.9. The maximum absolute atomic E-state index is 10.8. The van der Waals surface area contributed by atoms with E-state index < -0.39 is 0 Å². The van der Waals surface area contributed by atoms with E-state index in [-0.39, 0.29) is 32.5 Å². The van der Waals surface area contributed by atoms with Gasteiger partial charge in [-0.2, -0.15) is 0 Å². The summed E-state index contributed by atoms with van der Waals surface area (Å²) in [6, 6.07) is 45.0. The third kappa shape index (κ3) is 10.1. The van der Waals surface area contributed by atoms with Crippen LogP contribution in [0.3, 0.4) is 0 Å². The van der Waals surface area contributed by atoms with Gasteiger partial charge >= 0.3 is 0 Å². The van der Waals surface area contributed by atoms with Crippen LogP contribution in [0.5, 0.6) is 23.0 Å². The standard InChI is InChI=1S/C33H34O2.C29H42O2/c1-23-20-32(2,3)22-33(21-23,26-14-16-30(34)28(18-26)24-10-6-4-7-11-24)27-15-17-31(35)29(19-27)25-12-8-5-9-13-25;1-19-16-28(8,9)18-29(17-19,20-10-12-24(30)22(14-20)26(2,3)4)21-11-13-25(31)23(15-21)27(5,6)7/h4-19,23,34-35H,20-22H2,1-3H3;10-15,19,30-31H,16-18H2,1-9H3. The van der Waals surface area contributed by atoms with Gasteiger partial charge in [-0.3, -0.25) is 0 Å². The van der Waals surface area contributed by atoms with Crippen molar-refractivity contribution >= 4 is 0 Å². The Kier molecular flexibility index (Phi) is 13.2. The molecule has 2 aliphatic carbocycles. The minimum absolute atomic E-state index is 0.136. The van der Waals surface area contributed by atoms with E-state index in [0.29, 0.717) is 34.8 Å². The number of rotatable bonds is 6. The highest BCUT2D eigenvalue weighted by Gasteiger charge is 2.47. The molecular formula is C62H76O4. The maximum atomic E-state index is 10.8. The lowest BCUT2D eigenvalue weighted by molar-refractivity contribution is 0.126. The van der Waals surface area contributed by atoms with Crippen molar-refractivity contribution in [1.82, 2.24) is 0 Å². The van der Waals surface area contributed by atoms with Crippen molar-refractivity contribution in [3.63, 3.8) is 0 Å². The molecule has 2 aliphatic rings. The first-order valence-corrected chi connectivity index (χ1v) is 24.3. The van der Waals surface area contributed by atoms with Crippen molar-refractivity contribution in [2.24, 2.45) is 22.7 Å². The second-order valence-corrected chi connectivity index (χ2v) is 24.0. The summed E-state index contributed by atoms with van der Waals surface area (Å²) in [7, 11) is 0. The lowest BCUT2D eigenvalue weighted by atomic mass is 9.55. The zero-order chi connectivity index (χ0) is 48.0. The molecule has 6 aromatic rings. The molecular weight excluding hydrogens is 809 g/mol. The van der Waals surface area contributed by atoms with Crippen LogP contribution in [0.15, 0.2) is 133 Å². The van der Waals surface area contributed by atoms with Gasteiger partial charge in [0.2, 0.25) is 0 Å². The van der Waals surface area contributed by atoms with Gasteiger partial charge in [-0.15, -0.1) is 0 Å². The summed E-state index contributed by atoms with van der Waals surface area (Å²) in [5.74, 6) is 2.47. The van der Waals surface area contributed by atoms with Crippen molar-refractivity contribution in [2.45, 2.75) is 143 Å². The van der Waals surface area contributed by atoms with Gasteiger partial charge in [-0.05, 0) is 153 Å². The van der Waals surface area contributed by atoms with Gasteiger partial charge in [0.05, 0.1) is 0 Å². The Morgan fingerprint density at radius 2 is 0.697 bits per heavy atom. The van der Waals surface area contributed by atoms with Gasteiger partial charge < -0.3 is 20.4 Å². The number of benzene rings is 6. The Labute approximate surface area is 396 Å². The average molecular weight is 885 g/mol. The van der Waals surface area contributed by atoms with Gasteiger partial charge in [0, 0.05) is 22.0 Å². The fraction of sp³-hybridized carbons (Fsp3) is 0.419. The monoisotopic (exact) mass is 885 g/mol. The van der Waals surface area contributed by atoms with Gasteiger partial charge in [0.25, 0.3) is 0 Å².